The fourth-order valence-corrected chi connectivity index (χ4v) is 4.07. The Hall–Kier alpha value is -3.00. The first-order valence-electron chi connectivity index (χ1n) is 9.90. The quantitative estimate of drug-likeness (QED) is 0.487. The molecule has 7 nitrogen and oxygen atoms in total. The minimum absolute atomic E-state index is 0.0215. The predicted octanol–water partition coefficient (Wildman–Crippen LogP) is 3.60. The van der Waals surface area contributed by atoms with Crippen LogP contribution in [0.1, 0.15) is 19.8 Å². The van der Waals surface area contributed by atoms with Crippen molar-refractivity contribution in [1.29, 1.82) is 0 Å². The molecule has 0 aliphatic heterocycles. The van der Waals surface area contributed by atoms with Crippen LogP contribution in [0.5, 0.6) is 0 Å². The van der Waals surface area contributed by atoms with Crippen LogP contribution < -0.4 is 4.90 Å². The summed E-state index contributed by atoms with van der Waals surface area (Å²) in [5.41, 5.74) is 1.15. The monoisotopic (exact) mass is 426 g/mol. The second-order valence-corrected chi connectivity index (χ2v) is 7.97. The number of hydrogen-bond acceptors (Lipinski definition) is 7. The second-order valence-electron chi connectivity index (χ2n) is 6.93. The molecule has 0 fully saturated rings. The molecule has 0 atom stereocenters. The molecule has 0 spiro atoms. The molecule has 0 saturated carbocycles. The van der Waals surface area contributed by atoms with Gasteiger partial charge < -0.3 is 14.5 Å². The number of esters is 1. The number of aromatic nitrogens is 2. The number of carbonyl (C=O) groups excluding carboxylic acids is 2. The van der Waals surface area contributed by atoms with Crippen molar-refractivity contribution < 1.29 is 14.3 Å². The first kappa shape index (κ1) is 21.7. The summed E-state index contributed by atoms with van der Waals surface area (Å²) < 4.78 is 4.90. The molecule has 158 valence electrons. The third kappa shape index (κ3) is 5.33. The van der Waals surface area contributed by atoms with Gasteiger partial charge in [-0.25, -0.2) is 9.97 Å². The van der Waals surface area contributed by atoms with E-state index >= 15 is 0 Å². The van der Waals surface area contributed by atoms with E-state index in [2.05, 4.69) is 28.2 Å². The molecule has 0 aliphatic carbocycles. The number of fused-ring (bicyclic) bond motifs is 1. The average Bonchev–Trinajstić information content (AvgIpc) is 3.21. The highest BCUT2D eigenvalue weighted by molar-refractivity contribution is 7.21. The number of ether oxygens (including phenoxy) is 1. The average molecular weight is 427 g/mol. The van der Waals surface area contributed by atoms with Gasteiger partial charge >= 0.3 is 5.97 Å². The van der Waals surface area contributed by atoms with Gasteiger partial charge in [0.15, 0.2) is 0 Å². The zero-order valence-electron chi connectivity index (χ0n) is 17.5. The van der Waals surface area contributed by atoms with E-state index in [0.29, 0.717) is 26.1 Å². The molecule has 0 aliphatic rings. The second kappa shape index (κ2) is 10.2. The van der Waals surface area contributed by atoms with Crippen LogP contribution in [0.4, 0.5) is 5.82 Å². The van der Waals surface area contributed by atoms with Crippen molar-refractivity contribution in [3.63, 3.8) is 0 Å². The summed E-state index contributed by atoms with van der Waals surface area (Å²) in [5.74, 6) is 0.497. The number of hydrogen-bond donors (Lipinski definition) is 0. The van der Waals surface area contributed by atoms with Gasteiger partial charge in [-0.15, -0.1) is 11.3 Å². The van der Waals surface area contributed by atoms with Gasteiger partial charge in [-0.2, -0.15) is 0 Å². The number of carbonyl (C=O) groups is 2. The third-order valence-electron chi connectivity index (χ3n) is 4.77. The summed E-state index contributed by atoms with van der Waals surface area (Å²) in [7, 11) is 3.63. The summed E-state index contributed by atoms with van der Waals surface area (Å²) in [6.07, 6.45) is 2.10. The van der Waals surface area contributed by atoms with Crippen molar-refractivity contribution >= 4 is 39.2 Å². The molecule has 0 radical (unpaired) electrons. The molecule has 0 saturated heterocycles. The zero-order valence-corrected chi connectivity index (χ0v) is 18.3. The van der Waals surface area contributed by atoms with Crippen LogP contribution in [0.25, 0.3) is 20.7 Å². The number of benzene rings is 1. The Labute approximate surface area is 180 Å². The molecule has 30 heavy (non-hydrogen) atoms. The molecular weight excluding hydrogens is 400 g/mol. The Morgan fingerprint density at radius 3 is 2.57 bits per heavy atom. The normalized spacial score (nSPS) is 10.8. The Kier molecular flexibility index (Phi) is 7.35. The van der Waals surface area contributed by atoms with Gasteiger partial charge in [-0.1, -0.05) is 30.3 Å². The molecule has 0 bridgehead atoms. The molecule has 2 heterocycles. The van der Waals surface area contributed by atoms with Crippen LogP contribution in [-0.4, -0.2) is 60.5 Å². The van der Waals surface area contributed by atoms with Gasteiger partial charge in [0.25, 0.3) is 0 Å². The van der Waals surface area contributed by atoms with Crippen molar-refractivity contribution in [3.8, 4) is 10.4 Å². The summed E-state index contributed by atoms with van der Waals surface area (Å²) in [6, 6.07) is 12.3. The summed E-state index contributed by atoms with van der Waals surface area (Å²) >= 11 is 1.63. The van der Waals surface area contributed by atoms with Crippen LogP contribution in [0.15, 0.2) is 42.7 Å². The number of nitrogens with zero attached hydrogens (tertiary/aromatic N) is 4. The van der Waals surface area contributed by atoms with E-state index in [9.17, 15) is 9.59 Å². The summed E-state index contributed by atoms with van der Waals surface area (Å²) in [5, 5.41) is 0.979. The standard InChI is InChI=1S/C22H26N4O3S/c1-4-29-20(28)11-13-25(2)19(27)10-12-26(3)21-17-14-18(16-8-6-5-7-9-16)30-22(17)24-15-23-21/h5-9,14-15H,4,10-13H2,1-3H3. The van der Waals surface area contributed by atoms with Crippen molar-refractivity contribution in [1.82, 2.24) is 14.9 Å². The smallest absolute Gasteiger partial charge is 0.307 e. The topological polar surface area (TPSA) is 75.6 Å². The van der Waals surface area contributed by atoms with E-state index in [0.717, 1.165) is 26.5 Å². The first-order chi connectivity index (χ1) is 14.5. The SMILES string of the molecule is CCOC(=O)CCN(C)C(=O)CCN(C)c1ncnc2sc(-c3ccccc3)cc12. The van der Waals surface area contributed by atoms with E-state index in [1.165, 1.54) is 0 Å². The van der Waals surface area contributed by atoms with E-state index in [-0.39, 0.29) is 18.3 Å². The lowest BCUT2D eigenvalue weighted by atomic mass is 10.2. The number of rotatable bonds is 9. The molecular formula is C22H26N4O3S. The van der Waals surface area contributed by atoms with Crippen molar-refractivity contribution in [3.05, 3.63) is 42.7 Å². The van der Waals surface area contributed by atoms with Crippen molar-refractivity contribution in [2.45, 2.75) is 19.8 Å². The lowest BCUT2D eigenvalue weighted by molar-refractivity contribution is -0.143. The van der Waals surface area contributed by atoms with Crippen LogP contribution >= 0.6 is 11.3 Å². The molecule has 2 aromatic heterocycles. The highest BCUT2D eigenvalue weighted by Crippen LogP contribution is 2.35. The van der Waals surface area contributed by atoms with E-state index < -0.39 is 0 Å². The van der Waals surface area contributed by atoms with Crippen LogP contribution in [0.2, 0.25) is 0 Å². The maximum absolute atomic E-state index is 12.4. The molecule has 1 aromatic carbocycles. The Morgan fingerprint density at radius 1 is 1.07 bits per heavy atom. The van der Waals surface area contributed by atoms with Gasteiger partial charge in [-0.05, 0) is 18.6 Å². The zero-order chi connectivity index (χ0) is 21.5. The Balaban J connectivity index is 1.64. The highest BCUT2D eigenvalue weighted by Gasteiger charge is 2.16. The van der Waals surface area contributed by atoms with Gasteiger partial charge in [-0.3, -0.25) is 9.59 Å². The molecule has 1 amide bonds. The number of anilines is 1. The maximum atomic E-state index is 12.4. The summed E-state index contributed by atoms with van der Waals surface area (Å²) in [4.78, 5) is 38.3. The van der Waals surface area contributed by atoms with E-state index in [1.807, 2.05) is 30.1 Å². The molecule has 0 unspecified atom stereocenters. The Bertz CT molecular complexity index is 1010. The highest BCUT2D eigenvalue weighted by atomic mass is 32.1. The molecule has 0 N–H and O–H groups in total. The van der Waals surface area contributed by atoms with Crippen molar-refractivity contribution in [2.24, 2.45) is 0 Å². The predicted molar refractivity (Wildman–Crippen MR) is 120 cm³/mol. The van der Waals surface area contributed by atoms with Gasteiger partial charge in [0.05, 0.1) is 18.4 Å². The lowest BCUT2D eigenvalue weighted by Crippen LogP contribution is -2.32. The first-order valence-corrected chi connectivity index (χ1v) is 10.7. The van der Waals surface area contributed by atoms with E-state index in [4.69, 9.17) is 4.74 Å². The number of thiophene rings is 1. The van der Waals surface area contributed by atoms with Crippen LogP contribution in [0.3, 0.4) is 0 Å². The van der Waals surface area contributed by atoms with E-state index in [1.54, 1.807) is 36.5 Å². The lowest BCUT2D eigenvalue weighted by Gasteiger charge is -2.21. The largest absolute Gasteiger partial charge is 0.466 e. The maximum Gasteiger partial charge on any atom is 0.307 e. The summed E-state index contributed by atoms with van der Waals surface area (Å²) in [6.45, 7) is 2.99. The van der Waals surface area contributed by atoms with Crippen molar-refractivity contribution in [2.75, 3.05) is 38.7 Å². The fourth-order valence-electron chi connectivity index (χ4n) is 3.07. The number of amides is 1. The minimum Gasteiger partial charge on any atom is -0.466 e. The molecule has 3 rings (SSSR count). The fraction of sp³-hybridized carbons (Fsp3) is 0.364. The van der Waals surface area contributed by atoms with Crippen LogP contribution in [-0.2, 0) is 14.3 Å². The van der Waals surface area contributed by atoms with Gasteiger partial charge in [0, 0.05) is 38.5 Å². The Morgan fingerprint density at radius 2 is 1.83 bits per heavy atom. The van der Waals surface area contributed by atoms with Gasteiger partial charge in [0.1, 0.15) is 17.0 Å². The minimum atomic E-state index is -0.288. The van der Waals surface area contributed by atoms with Crippen LogP contribution in [0, 0.1) is 0 Å². The third-order valence-corrected chi connectivity index (χ3v) is 5.86. The molecule has 8 heteroatoms. The molecule has 3 aromatic rings. The van der Waals surface area contributed by atoms with Gasteiger partial charge in [0.2, 0.25) is 5.91 Å².